The van der Waals surface area contributed by atoms with Crippen LogP contribution in [0.5, 0.6) is 5.88 Å². The molecule has 0 saturated heterocycles. The monoisotopic (exact) mass is 414 g/mol. The number of H-pyrrole nitrogens is 1. The molecular formula is C19H15ClN4O5. The van der Waals surface area contributed by atoms with Crippen LogP contribution >= 0.6 is 11.6 Å². The van der Waals surface area contributed by atoms with Gasteiger partial charge < -0.3 is 5.11 Å². The number of hydrogen-bond donors (Lipinski definition) is 2. The topological polar surface area (TPSA) is 131 Å². The van der Waals surface area contributed by atoms with E-state index < -0.39 is 22.1 Å². The highest BCUT2D eigenvalue weighted by atomic mass is 35.5. The fourth-order valence-corrected chi connectivity index (χ4v) is 3.11. The summed E-state index contributed by atoms with van der Waals surface area (Å²) >= 11 is 6.09. The number of aromatic nitrogens is 2. The highest BCUT2D eigenvalue weighted by Gasteiger charge is 2.19. The third-order valence-corrected chi connectivity index (χ3v) is 4.48. The number of aryl methyl sites for hydroxylation is 2. The number of hydrogen-bond acceptors (Lipinski definition) is 6. The van der Waals surface area contributed by atoms with Crippen LogP contribution in [-0.4, -0.2) is 25.8 Å². The van der Waals surface area contributed by atoms with E-state index in [1.54, 1.807) is 32.0 Å². The first kappa shape index (κ1) is 20.0. The van der Waals surface area contributed by atoms with Crippen molar-refractivity contribution in [2.24, 2.45) is 4.99 Å². The number of aromatic hydroxyl groups is 1. The maximum absolute atomic E-state index is 12.2. The van der Waals surface area contributed by atoms with Crippen LogP contribution in [0.15, 0.2) is 51.0 Å². The van der Waals surface area contributed by atoms with Crippen molar-refractivity contribution in [2.75, 3.05) is 0 Å². The Balaban J connectivity index is 2.21. The van der Waals surface area contributed by atoms with Crippen LogP contribution in [0.2, 0.25) is 5.02 Å². The molecule has 1 heterocycles. The molecule has 0 amide bonds. The highest BCUT2D eigenvalue weighted by molar-refractivity contribution is 6.32. The average Bonchev–Trinajstić information content (AvgIpc) is 2.63. The van der Waals surface area contributed by atoms with Crippen molar-refractivity contribution < 1.29 is 10.0 Å². The first-order valence-electron chi connectivity index (χ1n) is 8.33. The molecule has 0 aliphatic carbocycles. The third-order valence-electron chi connectivity index (χ3n) is 4.16. The molecule has 3 rings (SSSR count). The molecule has 29 heavy (non-hydrogen) atoms. The van der Waals surface area contributed by atoms with Gasteiger partial charge in [-0.25, -0.2) is 14.4 Å². The van der Waals surface area contributed by atoms with E-state index in [9.17, 15) is 24.8 Å². The van der Waals surface area contributed by atoms with Gasteiger partial charge in [0.25, 0.3) is 11.2 Å². The molecule has 0 bridgehead atoms. The molecule has 3 aromatic rings. The molecule has 0 aliphatic heterocycles. The van der Waals surface area contributed by atoms with E-state index in [4.69, 9.17) is 11.6 Å². The zero-order valence-electron chi connectivity index (χ0n) is 15.3. The largest absolute Gasteiger partial charge is 0.493 e. The van der Waals surface area contributed by atoms with Gasteiger partial charge in [-0.15, -0.1) is 0 Å². The molecule has 1 aromatic heterocycles. The van der Waals surface area contributed by atoms with Crippen molar-refractivity contribution in [1.29, 1.82) is 0 Å². The van der Waals surface area contributed by atoms with Crippen molar-refractivity contribution in [3.8, 4) is 11.6 Å². The van der Waals surface area contributed by atoms with Gasteiger partial charge >= 0.3 is 5.69 Å². The lowest BCUT2D eigenvalue weighted by Crippen LogP contribution is -2.31. The highest BCUT2D eigenvalue weighted by Crippen LogP contribution is 2.32. The number of nitro groups is 1. The molecule has 0 radical (unpaired) electrons. The van der Waals surface area contributed by atoms with Crippen LogP contribution in [-0.2, 0) is 0 Å². The van der Waals surface area contributed by atoms with E-state index in [1.807, 2.05) is 0 Å². The summed E-state index contributed by atoms with van der Waals surface area (Å²) in [5.74, 6) is -0.692. The van der Waals surface area contributed by atoms with Gasteiger partial charge in [-0.3, -0.25) is 19.9 Å². The minimum atomic E-state index is -0.896. The summed E-state index contributed by atoms with van der Waals surface area (Å²) in [5, 5.41) is 22.1. The molecule has 0 fully saturated rings. The van der Waals surface area contributed by atoms with E-state index in [0.29, 0.717) is 11.1 Å². The molecule has 9 nitrogen and oxygen atoms in total. The Hall–Kier alpha value is -3.72. The number of nitro benzene ring substituents is 1. The van der Waals surface area contributed by atoms with Crippen molar-refractivity contribution in [3.05, 3.63) is 89.1 Å². The molecule has 10 heteroatoms. The molecule has 0 atom stereocenters. The zero-order valence-corrected chi connectivity index (χ0v) is 16.1. The van der Waals surface area contributed by atoms with Crippen molar-refractivity contribution in [1.82, 2.24) is 9.55 Å². The lowest BCUT2D eigenvalue weighted by atomic mass is 10.1. The van der Waals surface area contributed by atoms with Crippen molar-refractivity contribution >= 4 is 29.2 Å². The van der Waals surface area contributed by atoms with Crippen LogP contribution in [0.1, 0.15) is 16.7 Å². The first-order chi connectivity index (χ1) is 13.7. The number of para-hydroxylation sites is 1. The van der Waals surface area contributed by atoms with Gasteiger partial charge in [0.05, 0.1) is 15.6 Å². The molecule has 0 saturated carbocycles. The number of aromatic amines is 1. The Kier molecular flexibility index (Phi) is 5.33. The second-order valence-electron chi connectivity index (χ2n) is 6.25. The minimum absolute atomic E-state index is 0.0369. The van der Waals surface area contributed by atoms with Gasteiger partial charge in [-0.05, 0) is 37.1 Å². The lowest BCUT2D eigenvalue weighted by molar-refractivity contribution is -0.384. The summed E-state index contributed by atoms with van der Waals surface area (Å²) in [7, 11) is 0. The minimum Gasteiger partial charge on any atom is -0.493 e. The fraction of sp³-hybridized carbons (Fsp3) is 0.105. The SMILES string of the molecule is Cc1cc(C)c(N=Cc2c(O)n(-c3ccccc3Cl)c(=O)[nH]c2=O)c([N+](=O)[O-])c1. The van der Waals surface area contributed by atoms with Crippen molar-refractivity contribution in [2.45, 2.75) is 13.8 Å². The normalized spacial score (nSPS) is 11.1. The Morgan fingerprint density at radius 3 is 2.59 bits per heavy atom. The zero-order chi connectivity index (χ0) is 21.3. The number of aliphatic imine (C=N–C) groups is 1. The van der Waals surface area contributed by atoms with Gasteiger partial charge in [0.2, 0.25) is 5.88 Å². The molecular weight excluding hydrogens is 400 g/mol. The van der Waals surface area contributed by atoms with Gasteiger partial charge in [0.15, 0.2) is 0 Å². The second kappa shape index (κ2) is 7.72. The summed E-state index contributed by atoms with van der Waals surface area (Å²) in [6.45, 7) is 3.35. The molecule has 2 aromatic carbocycles. The predicted octanol–water partition coefficient (Wildman–Crippen LogP) is 3.16. The van der Waals surface area contributed by atoms with Gasteiger partial charge in [0, 0.05) is 12.3 Å². The molecule has 0 aliphatic rings. The number of nitrogens with one attached hydrogen (secondary N) is 1. The van der Waals surface area contributed by atoms with E-state index in [0.717, 1.165) is 10.8 Å². The number of rotatable bonds is 4. The molecule has 148 valence electrons. The molecule has 0 spiro atoms. The van der Waals surface area contributed by atoms with Gasteiger partial charge in [-0.1, -0.05) is 29.8 Å². The van der Waals surface area contributed by atoms with Crippen LogP contribution in [0.25, 0.3) is 5.69 Å². The number of halogens is 1. The van der Waals surface area contributed by atoms with Crippen LogP contribution < -0.4 is 11.2 Å². The maximum Gasteiger partial charge on any atom is 0.335 e. The lowest BCUT2D eigenvalue weighted by Gasteiger charge is -2.11. The quantitative estimate of drug-likeness (QED) is 0.384. The van der Waals surface area contributed by atoms with Crippen molar-refractivity contribution in [3.63, 3.8) is 0 Å². The number of benzene rings is 2. The molecule has 2 N–H and O–H groups in total. The van der Waals surface area contributed by atoms with E-state index in [2.05, 4.69) is 9.98 Å². The molecule has 0 unspecified atom stereocenters. The van der Waals surface area contributed by atoms with Crippen LogP contribution in [0.3, 0.4) is 0 Å². The Bertz CT molecular complexity index is 1280. The average molecular weight is 415 g/mol. The summed E-state index contributed by atoms with van der Waals surface area (Å²) < 4.78 is 0.821. The maximum atomic E-state index is 12.2. The predicted molar refractivity (Wildman–Crippen MR) is 109 cm³/mol. The summed E-state index contributed by atoms with van der Waals surface area (Å²) in [5.41, 5.74) is -0.991. The van der Waals surface area contributed by atoms with Gasteiger partial charge in [-0.2, -0.15) is 0 Å². The Labute approximate surface area is 168 Å². The summed E-state index contributed by atoms with van der Waals surface area (Å²) in [4.78, 5) is 41.3. The fourth-order valence-electron chi connectivity index (χ4n) is 2.89. The van der Waals surface area contributed by atoms with Crippen LogP contribution in [0, 0.1) is 24.0 Å². The van der Waals surface area contributed by atoms with E-state index >= 15 is 0 Å². The van der Waals surface area contributed by atoms with Gasteiger partial charge in [0.1, 0.15) is 11.3 Å². The van der Waals surface area contributed by atoms with E-state index in [1.165, 1.54) is 18.2 Å². The van der Waals surface area contributed by atoms with E-state index in [-0.39, 0.29) is 27.6 Å². The second-order valence-corrected chi connectivity index (χ2v) is 6.66. The summed E-state index contributed by atoms with van der Waals surface area (Å²) in [6.07, 6.45) is 0.978. The third kappa shape index (κ3) is 3.81. The Morgan fingerprint density at radius 1 is 1.24 bits per heavy atom. The standard InChI is InChI=1S/C19H15ClN4O5/c1-10-7-11(2)16(15(8-10)24(28)29)21-9-12-17(25)22-19(27)23(18(12)26)14-6-4-3-5-13(14)20/h3-9,26H,1-2H3,(H,22,25,27). The number of nitrogens with zero attached hydrogens (tertiary/aromatic N) is 3. The first-order valence-corrected chi connectivity index (χ1v) is 8.71. The van der Waals surface area contributed by atoms with Crippen LogP contribution in [0.4, 0.5) is 11.4 Å². The smallest absolute Gasteiger partial charge is 0.335 e. The summed E-state index contributed by atoms with van der Waals surface area (Å²) in [6, 6.07) is 9.30. The Morgan fingerprint density at radius 2 is 1.93 bits per heavy atom.